The molecule has 0 aliphatic heterocycles. The van der Waals surface area contributed by atoms with Crippen LogP contribution in [-0.4, -0.2) is 34.2 Å². The van der Waals surface area contributed by atoms with Gasteiger partial charge in [-0.05, 0) is 45.2 Å². The molecule has 0 bridgehead atoms. The molecule has 1 N–H and O–H groups in total. The summed E-state index contributed by atoms with van der Waals surface area (Å²) in [7, 11) is 1.88. The molecule has 0 saturated heterocycles. The van der Waals surface area contributed by atoms with E-state index in [0.717, 1.165) is 17.1 Å². The second kappa shape index (κ2) is 7.36. The maximum Gasteiger partial charge on any atom is 0.239 e. The lowest BCUT2D eigenvalue weighted by atomic mass is 10.2. The van der Waals surface area contributed by atoms with E-state index in [9.17, 15) is 4.79 Å². The van der Waals surface area contributed by atoms with Crippen molar-refractivity contribution < 1.29 is 9.21 Å². The maximum atomic E-state index is 12.4. The second-order valence-electron chi connectivity index (χ2n) is 6.22. The number of hydrogen-bond donors (Lipinski definition) is 1. The molecule has 0 fully saturated rings. The summed E-state index contributed by atoms with van der Waals surface area (Å²) in [6.07, 6.45) is 1.63. The topological polar surface area (TPSA) is 63.3 Å². The molecule has 1 amide bonds. The van der Waals surface area contributed by atoms with Gasteiger partial charge in [-0.25, -0.2) is 4.68 Å². The highest BCUT2D eigenvalue weighted by Crippen LogP contribution is 2.17. The zero-order chi connectivity index (χ0) is 17.8. The number of anilines is 1. The number of rotatable bonds is 6. The molecule has 2 aromatic heterocycles. The minimum absolute atomic E-state index is 0.0951. The van der Waals surface area contributed by atoms with Crippen molar-refractivity contribution in [2.24, 2.45) is 0 Å². The van der Waals surface area contributed by atoms with Gasteiger partial charge in [0, 0.05) is 6.07 Å². The molecule has 0 unspecified atom stereocenters. The zero-order valence-electron chi connectivity index (χ0n) is 14.7. The number of hydrogen-bond acceptors (Lipinski definition) is 4. The summed E-state index contributed by atoms with van der Waals surface area (Å²) in [4.78, 5) is 14.3. The number of furan rings is 1. The van der Waals surface area contributed by atoms with E-state index in [4.69, 9.17) is 4.42 Å². The van der Waals surface area contributed by atoms with E-state index < -0.39 is 0 Å². The van der Waals surface area contributed by atoms with Gasteiger partial charge in [0.05, 0.1) is 30.7 Å². The Morgan fingerprint density at radius 2 is 2.00 bits per heavy atom. The van der Waals surface area contributed by atoms with E-state index in [0.29, 0.717) is 12.4 Å². The summed E-state index contributed by atoms with van der Waals surface area (Å²) in [6.45, 7) is 4.79. The number of amides is 1. The van der Waals surface area contributed by atoms with E-state index in [1.807, 2.05) is 68.3 Å². The summed E-state index contributed by atoms with van der Waals surface area (Å²) >= 11 is 0. The van der Waals surface area contributed by atoms with Crippen LogP contribution in [0.1, 0.15) is 17.0 Å². The molecule has 0 aliphatic carbocycles. The van der Waals surface area contributed by atoms with Crippen molar-refractivity contribution in [3.63, 3.8) is 0 Å². The Balaban J connectivity index is 1.68. The van der Waals surface area contributed by atoms with Crippen LogP contribution in [-0.2, 0) is 11.3 Å². The number of carbonyl (C=O) groups excluding carboxylic acids is 1. The van der Waals surface area contributed by atoms with Crippen LogP contribution in [0.15, 0.2) is 53.1 Å². The number of carbonyl (C=O) groups is 1. The van der Waals surface area contributed by atoms with Crippen LogP contribution >= 0.6 is 0 Å². The number of benzene rings is 1. The Morgan fingerprint density at radius 3 is 2.68 bits per heavy atom. The molecule has 6 nitrogen and oxygen atoms in total. The SMILES string of the molecule is Cc1ccc(-n2nc(C)cc2NC(=O)CN(C)Cc2ccco2)cc1. The van der Waals surface area contributed by atoms with Crippen LogP contribution in [0.4, 0.5) is 5.82 Å². The highest BCUT2D eigenvalue weighted by atomic mass is 16.3. The largest absolute Gasteiger partial charge is 0.468 e. The van der Waals surface area contributed by atoms with Crippen molar-refractivity contribution in [3.8, 4) is 5.69 Å². The summed E-state index contributed by atoms with van der Waals surface area (Å²) in [6, 6.07) is 13.6. The summed E-state index contributed by atoms with van der Waals surface area (Å²) in [5.74, 6) is 1.40. The minimum atomic E-state index is -0.0951. The average molecular weight is 338 g/mol. The van der Waals surface area contributed by atoms with Gasteiger partial charge in [0.15, 0.2) is 0 Å². The molecule has 3 aromatic rings. The van der Waals surface area contributed by atoms with Crippen molar-refractivity contribution in [1.29, 1.82) is 0 Å². The Labute approximate surface area is 147 Å². The highest BCUT2D eigenvalue weighted by Gasteiger charge is 2.13. The van der Waals surface area contributed by atoms with Gasteiger partial charge < -0.3 is 9.73 Å². The van der Waals surface area contributed by atoms with Gasteiger partial charge in [-0.1, -0.05) is 17.7 Å². The lowest BCUT2D eigenvalue weighted by molar-refractivity contribution is -0.117. The first-order chi connectivity index (χ1) is 12.0. The predicted octanol–water partition coefficient (Wildman–Crippen LogP) is 3.15. The average Bonchev–Trinajstić information content (AvgIpc) is 3.17. The molecule has 1 aromatic carbocycles. The van der Waals surface area contributed by atoms with E-state index in [1.54, 1.807) is 10.9 Å². The first kappa shape index (κ1) is 17.0. The van der Waals surface area contributed by atoms with Gasteiger partial charge in [0.2, 0.25) is 5.91 Å². The summed E-state index contributed by atoms with van der Waals surface area (Å²) in [5, 5.41) is 7.42. The molecular weight excluding hydrogens is 316 g/mol. The van der Waals surface area contributed by atoms with E-state index in [1.165, 1.54) is 5.56 Å². The van der Waals surface area contributed by atoms with Crippen molar-refractivity contribution in [2.45, 2.75) is 20.4 Å². The normalized spacial score (nSPS) is 11.0. The van der Waals surface area contributed by atoms with Gasteiger partial charge >= 0.3 is 0 Å². The van der Waals surface area contributed by atoms with Crippen LogP contribution in [0.5, 0.6) is 0 Å². The number of aryl methyl sites for hydroxylation is 2. The maximum absolute atomic E-state index is 12.4. The first-order valence-electron chi connectivity index (χ1n) is 8.16. The van der Waals surface area contributed by atoms with Crippen molar-refractivity contribution in [3.05, 3.63) is 65.7 Å². The molecule has 0 aliphatic rings. The van der Waals surface area contributed by atoms with Crippen molar-refractivity contribution >= 4 is 11.7 Å². The van der Waals surface area contributed by atoms with Gasteiger partial charge in [0.1, 0.15) is 11.6 Å². The van der Waals surface area contributed by atoms with E-state index in [2.05, 4.69) is 10.4 Å². The Bertz CT molecular complexity index is 835. The first-order valence-corrected chi connectivity index (χ1v) is 8.16. The molecule has 25 heavy (non-hydrogen) atoms. The number of aromatic nitrogens is 2. The second-order valence-corrected chi connectivity index (χ2v) is 6.22. The molecule has 3 rings (SSSR count). The van der Waals surface area contributed by atoms with Gasteiger partial charge in [-0.15, -0.1) is 0 Å². The van der Waals surface area contributed by atoms with Gasteiger partial charge in [-0.3, -0.25) is 9.69 Å². The quantitative estimate of drug-likeness (QED) is 0.750. The van der Waals surface area contributed by atoms with Gasteiger partial charge in [-0.2, -0.15) is 5.10 Å². The van der Waals surface area contributed by atoms with Crippen LogP contribution in [0.25, 0.3) is 5.69 Å². The zero-order valence-corrected chi connectivity index (χ0v) is 14.7. The van der Waals surface area contributed by atoms with Crippen molar-refractivity contribution in [1.82, 2.24) is 14.7 Å². The molecule has 0 saturated carbocycles. The fourth-order valence-electron chi connectivity index (χ4n) is 2.62. The number of nitrogens with one attached hydrogen (secondary N) is 1. The third-order valence-electron chi connectivity index (χ3n) is 3.80. The lowest BCUT2D eigenvalue weighted by Gasteiger charge is -2.15. The molecule has 6 heteroatoms. The van der Waals surface area contributed by atoms with Crippen LogP contribution < -0.4 is 5.32 Å². The predicted molar refractivity (Wildman–Crippen MR) is 96.7 cm³/mol. The smallest absolute Gasteiger partial charge is 0.239 e. The van der Waals surface area contributed by atoms with Crippen LogP contribution in [0, 0.1) is 13.8 Å². The molecule has 2 heterocycles. The molecule has 0 atom stereocenters. The monoisotopic (exact) mass is 338 g/mol. The molecular formula is C19H22N4O2. The van der Waals surface area contributed by atoms with Crippen molar-refractivity contribution in [2.75, 3.05) is 18.9 Å². The fourth-order valence-corrected chi connectivity index (χ4v) is 2.62. The third kappa shape index (κ3) is 4.36. The fraction of sp³-hybridized carbons (Fsp3) is 0.263. The summed E-state index contributed by atoms with van der Waals surface area (Å²) in [5.41, 5.74) is 2.94. The van der Waals surface area contributed by atoms with E-state index in [-0.39, 0.29) is 12.5 Å². The Morgan fingerprint density at radius 1 is 1.24 bits per heavy atom. The molecule has 0 radical (unpaired) electrons. The van der Waals surface area contributed by atoms with Crippen LogP contribution in [0.2, 0.25) is 0 Å². The van der Waals surface area contributed by atoms with Crippen LogP contribution in [0.3, 0.4) is 0 Å². The standard InChI is InChI=1S/C19H22N4O2/c1-14-6-8-16(9-7-14)23-18(11-15(2)21-23)20-19(24)13-22(3)12-17-5-4-10-25-17/h4-11H,12-13H2,1-3H3,(H,20,24). The van der Waals surface area contributed by atoms with E-state index >= 15 is 0 Å². The minimum Gasteiger partial charge on any atom is -0.468 e. The Hall–Kier alpha value is -2.86. The highest BCUT2D eigenvalue weighted by molar-refractivity contribution is 5.91. The number of nitrogens with zero attached hydrogens (tertiary/aromatic N) is 3. The molecule has 0 spiro atoms. The number of likely N-dealkylation sites (N-methyl/N-ethyl adjacent to an activating group) is 1. The Kier molecular flexibility index (Phi) is 5.00. The summed E-state index contributed by atoms with van der Waals surface area (Å²) < 4.78 is 7.06. The third-order valence-corrected chi connectivity index (χ3v) is 3.80. The molecule has 130 valence electrons. The lowest BCUT2D eigenvalue weighted by Crippen LogP contribution is -2.30. The van der Waals surface area contributed by atoms with Gasteiger partial charge in [0.25, 0.3) is 0 Å².